The molecule has 0 aromatic rings. The number of hydrogen-bond donors (Lipinski definition) is 0. The molecular formula is C17H36. The number of rotatable bonds is 5. The van der Waals surface area contributed by atoms with Crippen molar-refractivity contribution in [2.24, 2.45) is 28.1 Å². The van der Waals surface area contributed by atoms with Crippen LogP contribution in [0.2, 0.25) is 0 Å². The molecule has 0 rings (SSSR count). The first kappa shape index (κ1) is 17.0. The van der Waals surface area contributed by atoms with Gasteiger partial charge in [0.1, 0.15) is 0 Å². The van der Waals surface area contributed by atoms with Gasteiger partial charge in [0.15, 0.2) is 0 Å². The van der Waals surface area contributed by atoms with Crippen molar-refractivity contribution < 1.29 is 0 Å². The molecule has 0 heterocycles. The Hall–Kier alpha value is 0. The fourth-order valence-corrected chi connectivity index (χ4v) is 2.64. The molecular weight excluding hydrogens is 204 g/mol. The maximum absolute atomic E-state index is 2.44. The average Bonchev–Trinajstić information content (AvgIpc) is 1.97. The summed E-state index contributed by atoms with van der Waals surface area (Å²) in [4.78, 5) is 0. The fourth-order valence-electron chi connectivity index (χ4n) is 2.64. The van der Waals surface area contributed by atoms with Crippen molar-refractivity contribution in [1.29, 1.82) is 0 Å². The van der Waals surface area contributed by atoms with E-state index in [0.717, 1.165) is 11.8 Å². The van der Waals surface area contributed by atoms with Crippen LogP contribution in [0.15, 0.2) is 0 Å². The second-order valence-corrected chi connectivity index (χ2v) is 8.90. The smallest absolute Gasteiger partial charge is 0.0300 e. The van der Waals surface area contributed by atoms with Crippen molar-refractivity contribution in [2.75, 3.05) is 0 Å². The van der Waals surface area contributed by atoms with Crippen molar-refractivity contribution in [3.05, 3.63) is 0 Å². The van der Waals surface area contributed by atoms with E-state index in [0.29, 0.717) is 16.2 Å². The summed E-state index contributed by atoms with van der Waals surface area (Å²) in [5.41, 5.74) is 1.22. The van der Waals surface area contributed by atoms with E-state index < -0.39 is 0 Å². The highest BCUT2D eigenvalue weighted by Crippen LogP contribution is 2.48. The van der Waals surface area contributed by atoms with Crippen molar-refractivity contribution in [3.63, 3.8) is 0 Å². The van der Waals surface area contributed by atoms with Crippen molar-refractivity contribution in [1.82, 2.24) is 0 Å². The van der Waals surface area contributed by atoms with Crippen LogP contribution in [-0.4, -0.2) is 0 Å². The van der Waals surface area contributed by atoms with Gasteiger partial charge in [0.05, 0.1) is 0 Å². The van der Waals surface area contributed by atoms with E-state index in [1.54, 1.807) is 0 Å². The summed E-state index contributed by atoms with van der Waals surface area (Å²) >= 11 is 0. The van der Waals surface area contributed by atoms with E-state index >= 15 is 0 Å². The third kappa shape index (κ3) is 5.44. The Morgan fingerprint density at radius 2 is 1.18 bits per heavy atom. The molecule has 1 unspecified atom stereocenters. The molecule has 0 amide bonds. The van der Waals surface area contributed by atoms with Gasteiger partial charge in [0.25, 0.3) is 0 Å². The molecule has 0 aromatic heterocycles. The van der Waals surface area contributed by atoms with E-state index in [2.05, 4.69) is 69.2 Å². The van der Waals surface area contributed by atoms with Crippen molar-refractivity contribution in [2.45, 2.75) is 82.1 Å². The first-order valence-electron chi connectivity index (χ1n) is 7.28. The molecule has 0 radical (unpaired) electrons. The first-order valence-corrected chi connectivity index (χ1v) is 7.28. The predicted molar refractivity (Wildman–Crippen MR) is 80.3 cm³/mol. The Balaban J connectivity index is 4.65. The van der Waals surface area contributed by atoms with E-state index in [9.17, 15) is 0 Å². The predicted octanol–water partition coefficient (Wildman–Crippen LogP) is 6.16. The summed E-state index contributed by atoms with van der Waals surface area (Å²) in [6.45, 7) is 23.9. The minimum Gasteiger partial charge on any atom is -0.0625 e. The molecule has 1 atom stereocenters. The second-order valence-electron chi connectivity index (χ2n) is 8.90. The van der Waals surface area contributed by atoms with E-state index in [4.69, 9.17) is 0 Å². The van der Waals surface area contributed by atoms with Gasteiger partial charge in [-0.2, -0.15) is 0 Å². The van der Waals surface area contributed by atoms with Crippen molar-refractivity contribution >= 4 is 0 Å². The standard InChI is InChI=1S/C17H36/c1-13(2)14(3)11-16(7,8)12-17(9,10)15(4,5)6/h13-14H,11-12H2,1-10H3. The minimum absolute atomic E-state index is 0.380. The van der Waals surface area contributed by atoms with Gasteiger partial charge in [-0.25, -0.2) is 0 Å². The van der Waals surface area contributed by atoms with Crippen LogP contribution in [-0.2, 0) is 0 Å². The van der Waals surface area contributed by atoms with Gasteiger partial charge in [-0.05, 0) is 40.9 Å². The molecule has 0 aromatic carbocycles. The van der Waals surface area contributed by atoms with Crippen LogP contribution >= 0.6 is 0 Å². The minimum atomic E-state index is 0.380. The van der Waals surface area contributed by atoms with Crippen LogP contribution in [0, 0.1) is 28.1 Å². The average molecular weight is 240 g/mol. The molecule has 0 N–H and O–H groups in total. The molecule has 17 heavy (non-hydrogen) atoms. The summed E-state index contributed by atoms with van der Waals surface area (Å²) < 4.78 is 0. The SMILES string of the molecule is CC(C)C(C)CC(C)(C)CC(C)(C)C(C)(C)C. The van der Waals surface area contributed by atoms with Gasteiger partial charge in [0, 0.05) is 0 Å². The molecule has 0 heteroatoms. The zero-order chi connectivity index (χ0) is 14.1. The second kappa shape index (κ2) is 5.33. The summed E-state index contributed by atoms with van der Waals surface area (Å²) in [7, 11) is 0. The van der Waals surface area contributed by atoms with E-state index in [1.165, 1.54) is 12.8 Å². The Bertz CT molecular complexity index is 225. The Morgan fingerprint density at radius 1 is 0.765 bits per heavy atom. The molecule has 0 aliphatic rings. The molecule has 0 saturated carbocycles. The highest BCUT2D eigenvalue weighted by atomic mass is 14.4. The lowest BCUT2D eigenvalue weighted by Crippen LogP contribution is -2.35. The normalized spacial score (nSPS) is 16.4. The van der Waals surface area contributed by atoms with Gasteiger partial charge in [-0.3, -0.25) is 0 Å². The van der Waals surface area contributed by atoms with Gasteiger partial charge < -0.3 is 0 Å². The first-order chi connectivity index (χ1) is 7.28. The third-order valence-electron chi connectivity index (χ3n) is 4.96. The highest BCUT2D eigenvalue weighted by Gasteiger charge is 2.38. The summed E-state index contributed by atoms with van der Waals surface area (Å²) in [6.07, 6.45) is 2.64. The molecule has 0 spiro atoms. The molecule has 104 valence electrons. The third-order valence-corrected chi connectivity index (χ3v) is 4.96. The van der Waals surface area contributed by atoms with Crippen LogP contribution in [0.3, 0.4) is 0 Å². The molecule has 0 aliphatic heterocycles. The van der Waals surface area contributed by atoms with Crippen LogP contribution in [0.5, 0.6) is 0 Å². The number of hydrogen-bond acceptors (Lipinski definition) is 0. The zero-order valence-electron chi connectivity index (χ0n) is 14.1. The molecule has 0 saturated heterocycles. The lowest BCUT2D eigenvalue weighted by molar-refractivity contribution is 0.0535. The monoisotopic (exact) mass is 240 g/mol. The largest absolute Gasteiger partial charge is 0.0625 e. The molecule has 0 fully saturated rings. The van der Waals surface area contributed by atoms with Crippen LogP contribution in [0.25, 0.3) is 0 Å². The van der Waals surface area contributed by atoms with Gasteiger partial charge >= 0.3 is 0 Å². The lowest BCUT2D eigenvalue weighted by atomic mass is 9.60. The molecule has 0 nitrogen and oxygen atoms in total. The van der Waals surface area contributed by atoms with Crippen LogP contribution < -0.4 is 0 Å². The highest BCUT2D eigenvalue weighted by molar-refractivity contribution is 4.88. The zero-order valence-corrected chi connectivity index (χ0v) is 14.1. The van der Waals surface area contributed by atoms with E-state index in [1.807, 2.05) is 0 Å². The lowest BCUT2D eigenvalue weighted by Gasteiger charge is -2.45. The quantitative estimate of drug-likeness (QED) is 0.540. The Labute approximate surface area is 111 Å². The van der Waals surface area contributed by atoms with Crippen LogP contribution in [0.1, 0.15) is 82.1 Å². The maximum Gasteiger partial charge on any atom is -0.0300 e. The van der Waals surface area contributed by atoms with Gasteiger partial charge in [-0.1, -0.05) is 69.2 Å². The Morgan fingerprint density at radius 3 is 1.47 bits per heavy atom. The van der Waals surface area contributed by atoms with E-state index in [-0.39, 0.29) is 0 Å². The summed E-state index contributed by atoms with van der Waals surface area (Å²) in [5, 5.41) is 0. The van der Waals surface area contributed by atoms with Crippen molar-refractivity contribution in [3.8, 4) is 0 Å². The molecule has 0 aliphatic carbocycles. The maximum atomic E-state index is 2.44. The van der Waals surface area contributed by atoms with Crippen LogP contribution in [0.4, 0.5) is 0 Å². The topological polar surface area (TPSA) is 0 Å². The van der Waals surface area contributed by atoms with Gasteiger partial charge in [0.2, 0.25) is 0 Å². The van der Waals surface area contributed by atoms with Gasteiger partial charge in [-0.15, -0.1) is 0 Å². The Kier molecular flexibility index (Phi) is 5.33. The molecule has 0 bridgehead atoms. The summed E-state index contributed by atoms with van der Waals surface area (Å²) in [6, 6.07) is 0. The summed E-state index contributed by atoms with van der Waals surface area (Å²) in [5.74, 6) is 1.62. The fraction of sp³-hybridized carbons (Fsp3) is 1.00.